The van der Waals surface area contributed by atoms with E-state index in [4.69, 9.17) is 4.74 Å². The minimum atomic E-state index is -0.629. The van der Waals surface area contributed by atoms with Crippen LogP contribution in [0.4, 0.5) is 0 Å². The number of rotatable bonds is 7. The minimum absolute atomic E-state index is 0.0384. The van der Waals surface area contributed by atoms with Crippen LogP contribution < -0.4 is 5.32 Å². The Hall–Kier alpha value is -0.910. The van der Waals surface area contributed by atoms with Crippen LogP contribution in [0.15, 0.2) is 17.5 Å². The molecule has 0 bridgehead atoms. The van der Waals surface area contributed by atoms with Crippen molar-refractivity contribution in [2.24, 2.45) is 0 Å². The highest BCUT2D eigenvalue weighted by Gasteiger charge is 2.06. The molecule has 1 unspecified atom stereocenters. The zero-order valence-electron chi connectivity index (χ0n) is 9.31. The lowest BCUT2D eigenvalue weighted by molar-refractivity contribution is -0.121. The number of carbonyl (C=O) groups excluding carboxylic acids is 1. The first-order valence-corrected chi connectivity index (χ1v) is 6.06. The summed E-state index contributed by atoms with van der Waals surface area (Å²) in [6.07, 6.45) is 0.583. The molecule has 0 fully saturated rings. The summed E-state index contributed by atoms with van der Waals surface area (Å²) in [5.74, 6) is -0.0384. The maximum Gasteiger partial charge on any atom is 0.220 e. The second-order valence-corrected chi connectivity index (χ2v) is 4.52. The number of hydrogen-bond acceptors (Lipinski definition) is 4. The molecule has 0 aromatic carbocycles. The highest BCUT2D eigenvalue weighted by Crippen LogP contribution is 2.10. The maximum atomic E-state index is 11.4. The lowest BCUT2D eigenvalue weighted by Crippen LogP contribution is -2.34. The van der Waals surface area contributed by atoms with E-state index in [9.17, 15) is 9.90 Å². The van der Waals surface area contributed by atoms with Crippen molar-refractivity contribution in [2.45, 2.75) is 18.9 Å². The summed E-state index contributed by atoms with van der Waals surface area (Å²) in [6, 6.07) is 3.98. The fourth-order valence-corrected chi connectivity index (χ4v) is 1.97. The Morgan fingerprint density at radius 3 is 3.12 bits per heavy atom. The first kappa shape index (κ1) is 13.2. The van der Waals surface area contributed by atoms with Crippen LogP contribution in [0.25, 0.3) is 0 Å². The van der Waals surface area contributed by atoms with E-state index in [1.807, 2.05) is 17.5 Å². The van der Waals surface area contributed by atoms with Crippen LogP contribution >= 0.6 is 11.3 Å². The van der Waals surface area contributed by atoms with Crippen molar-refractivity contribution in [3.63, 3.8) is 0 Å². The average Bonchev–Trinajstić information content (AvgIpc) is 2.77. The molecule has 0 aliphatic rings. The molecule has 0 spiro atoms. The number of thiophene rings is 1. The lowest BCUT2D eigenvalue weighted by atomic mass is 10.2. The van der Waals surface area contributed by atoms with Gasteiger partial charge in [-0.25, -0.2) is 0 Å². The maximum absolute atomic E-state index is 11.4. The SMILES string of the molecule is COCC(O)CNC(=O)CCc1cccs1. The van der Waals surface area contributed by atoms with Gasteiger partial charge in [-0.1, -0.05) is 6.07 Å². The first-order valence-electron chi connectivity index (χ1n) is 5.18. The standard InChI is InChI=1S/C11H17NO3S/c1-15-8-9(13)7-12-11(14)5-4-10-3-2-6-16-10/h2-3,6,9,13H,4-5,7-8H2,1H3,(H,12,14). The van der Waals surface area contributed by atoms with Crippen molar-refractivity contribution in [1.29, 1.82) is 0 Å². The first-order chi connectivity index (χ1) is 7.72. The van der Waals surface area contributed by atoms with Gasteiger partial charge < -0.3 is 15.2 Å². The van der Waals surface area contributed by atoms with Crippen molar-refractivity contribution in [1.82, 2.24) is 5.32 Å². The molecular formula is C11H17NO3S. The number of hydrogen-bond donors (Lipinski definition) is 2. The molecule has 2 N–H and O–H groups in total. The summed E-state index contributed by atoms with van der Waals surface area (Å²) >= 11 is 1.65. The van der Waals surface area contributed by atoms with Crippen LogP contribution in [0.2, 0.25) is 0 Å². The fraction of sp³-hybridized carbons (Fsp3) is 0.545. The fourth-order valence-electron chi connectivity index (χ4n) is 1.26. The molecule has 0 saturated heterocycles. The summed E-state index contributed by atoms with van der Waals surface area (Å²) in [5, 5.41) is 14.0. The molecule has 4 nitrogen and oxygen atoms in total. The van der Waals surface area contributed by atoms with Crippen molar-refractivity contribution < 1.29 is 14.6 Å². The van der Waals surface area contributed by atoms with Gasteiger partial charge in [-0.05, 0) is 17.9 Å². The molecule has 1 rings (SSSR count). The van der Waals surface area contributed by atoms with Gasteiger partial charge in [0.15, 0.2) is 0 Å². The zero-order valence-corrected chi connectivity index (χ0v) is 10.1. The lowest BCUT2D eigenvalue weighted by Gasteiger charge is -2.10. The van der Waals surface area contributed by atoms with Gasteiger partial charge in [-0.15, -0.1) is 11.3 Å². The van der Waals surface area contributed by atoms with Gasteiger partial charge in [-0.3, -0.25) is 4.79 Å². The largest absolute Gasteiger partial charge is 0.389 e. The highest BCUT2D eigenvalue weighted by atomic mass is 32.1. The molecule has 1 aromatic heterocycles. The second-order valence-electron chi connectivity index (χ2n) is 3.49. The number of aryl methyl sites for hydroxylation is 1. The zero-order chi connectivity index (χ0) is 11.8. The van der Waals surface area contributed by atoms with Crippen LogP contribution in [-0.2, 0) is 16.0 Å². The Morgan fingerprint density at radius 2 is 2.50 bits per heavy atom. The number of aliphatic hydroxyl groups excluding tert-OH is 1. The van der Waals surface area contributed by atoms with Crippen LogP contribution in [-0.4, -0.2) is 37.4 Å². The quantitative estimate of drug-likeness (QED) is 0.745. The molecule has 1 aromatic rings. The Balaban J connectivity index is 2.11. The monoisotopic (exact) mass is 243 g/mol. The topological polar surface area (TPSA) is 58.6 Å². The van der Waals surface area contributed by atoms with E-state index < -0.39 is 6.10 Å². The summed E-state index contributed by atoms with van der Waals surface area (Å²) < 4.78 is 4.76. The molecule has 0 aliphatic carbocycles. The Bertz CT molecular complexity index is 300. The number of ether oxygens (including phenoxy) is 1. The number of nitrogens with one attached hydrogen (secondary N) is 1. The highest BCUT2D eigenvalue weighted by molar-refractivity contribution is 7.09. The molecule has 1 atom stereocenters. The predicted octanol–water partition coefficient (Wildman–Crippen LogP) is 0.804. The minimum Gasteiger partial charge on any atom is -0.389 e. The normalized spacial score (nSPS) is 12.4. The van der Waals surface area contributed by atoms with Crippen molar-refractivity contribution in [3.8, 4) is 0 Å². The number of aliphatic hydroxyl groups is 1. The predicted molar refractivity (Wildman–Crippen MR) is 63.5 cm³/mol. The van der Waals surface area contributed by atoms with E-state index in [-0.39, 0.29) is 19.1 Å². The third-order valence-corrected chi connectivity index (χ3v) is 3.01. The van der Waals surface area contributed by atoms with Gasteiger partial charge in [0.25, 0.3) is 0 Å². The van der Waals surface area contributed by atoms with Crippen molar-refractivity contribution in [2.75, 3.05) is 20.3 Å². The van der Waals surface area contributed by atoms with E-state index >= 15 is 0 Å². The van der Waals surface area contributed by atoms with Gasteiger partial charge >= 0.3 is 0 Å². The number of carbonyl (C=O) groups is 1. The smallest absolute Gasteiger partial charge is 0.220 e. The Kier molecular flexibility index (Phi) is 6.07. The van der Waals surface area contributed by atoms with Crippen LogP contribution in [0, 0.1) is 0 Å². The van der Waals surface area contributed by atoms with E-state index in [0.29, 0.717) is 6.42 Å². The van der Waals surface area contributed by atoms with Gasteiger partial charge in [0.1, 0.15) is 0 Å². The molecule has 1 heterocycles. The molecule has 0 aliphatic heterocycles. The van der Waals surface area contributed by atoms with Crippen LogP contribution in [0.5, 0.6) is 0 Å². The van der Waals surface area contributed by atoms with E-state index in [0.717, 1.165) is 6.42 Å². The van der Waals surface area contributed by atoms with Gasteiger partial charge in [0, 0.05) is 25.0 Å². The van der Waals surface area contributed by atoms with E-state index in [1.165, 1.54) is 12.0 Å². The molecule has 0 radical (unpaired) electrons. The summed E-state index contributed by atoms with van der Waals surface area (Å²) in [6.45, 7) is 0.488. The summed E-state index contributed by atoms with van der Waals surface area (Å²) in [5.41, 5.74) is 0. The Labute approximate surface area is 99.2 Å². The third-order valence-electron chi connectivity index (χ3n) is 2.07. The van der Waals surface area contributed by atoms with Gasteiger partial charge in [0.2, 0.25) is 5.91 Å². The molecule has 1 amide bonds. The van der Waals surface area contributed by atoms with Crippen molar-refractivity contribution in [3.05, 3.63) is 22.4 Å². The second kappa shape index (κ2) is 7.38. The van der Waals surface area contributed by atoms with Gasteiger partial charge in [-0.2, -0.15) is 0 Å². The van der Waals surface area contributed by atoms with Crippen LogP contribution in [0.3, 0.4) is 0 Å². The molecule has 0 saturated carbocycles. The molecule has 16 heavy (non-hydrogen) atoms. The third kappa shape index (κ3) is 5.25. The summed E-state index contributed by atoms with van der Waals surface area (Å²) in [7, 11) is 1.52. The van der Waals surface area contributed by atoms with E-state index in [1.54, 1.807) is 11.3 Å². The van der Waals surface area contributed by atoms with Crippen LogP contribution in [0.1, 0.15) is 11.3 Å². The Morgan fingerprint density at radius 1 is 1.69 bits per heavy atom. The van der Waals surface area contributed by atoms with Crippen molar-refractivity contribution >= 4 is 17.2 Å². The van der Waals surface area contributed by atoms with E-state index in [2.05, 4.69) is 5.32 Å². The molecular weight excluding hydrogens is 226 g/mol. The van der Waals surface area contributed by atoms with Gasteiger partial charge in [0.05, 0.1) is 12.7 Å². The molecule has 5 heteroatoms. The number of amides is 1. The average molecular weight is 243 g/mol. The number of methoxy groups -OCH3 is 1. The summed E-state index contributed by atoms with van der Waals surface area (Å²) in [4.78, 5) is 12.6. The molecule has 90 valence electrons.